The van der Waals surface area contributed by atoms with Crippen LogP contribution in [0.4, 0.5) is 0 Å². The number of methoxy groups -OCH3 is 1. The first-order valence-corrected chi connectivity index (χ1v) is 6.50. The van der Waals surface area contributed by atoms with Crippen LogP contribution in [0.25, 0.3) is 0 Å². The number of hydrogen-bond acceptors (Lipinski definition) is 5. The summed E-state index contributed by atoms with van der Waals surface area (Å²) in [6.07, 6.45) is 0.400. The number of carboxylic acid groups (broad SMARTS) is 1. The largest absolute Gasteiger partial charge is 0.508 e. The van der Waals surface area contributed by atoms with Crippen molar-refractivity contribution in [3.8, 4) is 11.5 Å². The number of likely N-dealkylation sites (tertiary alicyclic amines) is 1. The molecule has 20 heavy (non-hydrogen) atoms. The van der Waals surface area contributed by atoms with Gasteiger partial charge in [0.1, 0.15) is 17.0 Å². The summed E-state index contributed by atoms with van der Waals surface area (Å²) in [5.74, 6) is -0.161. The molecular formula is C14H20N2O4. The number of benzene rings is 1. The van der Waals surface area contributed by atoms with Gasteiger partial charge in [0.05, 0.1) is 7.11 Å². The number of phenolic OH excluding ortho intramolecular Hbond substituents is 1. The molecule has 1 fully saturated rings. The molecule has 0 aromatic heterocycles. The average Bonchev–Trinajstić information content (AvgIpc) is 2.83. The molecule has 4 N–H and O–H groups in total. The highest BCUT2D eigenvalue weighted by Gasteiger charge is 2.43. The molecule has 0 aliphatic carbocycles. The standard InChI is InChI=1S/C14H20N2O4/c1-9(11-7-10(20-2)3-4-12(11)17)16-6-5-14(15,8-16)13(18)19/h3-4,7,9,17H,5-6,8,15H2,1-2H3,(H,18,19). The Bertz CT molecular complexity index is 520. The van der Waals surface area contributed by atoms with Crippen LogP contribution in [-0.2, 0) is 4.79 Å². The summed E-state index contributed by atoms with van der Waals surface area (Å²) in [5, 5.41) is 19.1. The van der Waals surface area contributed by atoms with E-state index in [9.17, 15) is 9.90 Å². The van der Waals surface area contributed by atoms with E-state index >= 15 is 0 Å². The molecule has 2 atom stereocenters. The predicted molar refractivity (Wildman–Crippen MR) is 73.8 cm³/mol. The monoisotopic (exact) mass is 280 g/mol. The Balaban J connectivity index is 2.21. The molecule has 6 nitrogen and oxygen atoms in total. The highest BCUT2D eigenvalue weighted by Crippen LogP contribution is 2.35. The van der Waals surface area contributed by atoms with Gasteiger partial charge < -0.3 is 20.7 Å². The summed E-state index contributed by atoms with van der Waals surface area (Å²) in [5.41, 5.74) is 5.38. The summed E-state index contributed by atoms with van der Waals surface area (Å²) in [6.45, 7) is 2.77. The van der Waals surface area contributed by atoms with Crippen LogP contribution < -0.4 is 10.5 Å². The van der Waals surface area contributed by atoms with E-state index in [0.717, 1.165) is 0 Å². The molecule has 2 rings (SSSR count). The topological polar surface area (TPSA) is 96.0 Å². The molecule has 6 heteroatoms. The van der Waals surface area contributed by atoms with Crippen LogP contribution in [0, 0.1) is 0 Å². The van der Waals surface area contributed by atoms with Crippen molar-refractivity contribution in [2.24, 2.45) is 5.73 Å². The van der Waals surface area contributed by atoms with E-state index < -0.39 is 11.5 Å². The number of ether oxygens (including phenoxy) is 1. The van der Waals surface area contributed by atoms with Crippen molar-refractivity contribution < 1.29 is 19.7 Å². The van der Waals surface area contributed by atoms with Crippen molar-refractivity contribution >= 4 is 5.97 Å². The molecule has 2 unspecified atom stereocenters. The lowest BCUT2D eigenvalue weighted by Crippen LogP contribution is -2.50. The minimum absolute atomic E-state index is 0.130. The number of aliphatic carboxylic acids is 1. The van der Waals surface area contributed by atoms with Gasteiger partial charge >= 0.3 is 5.97 Å². The average molecular weight is 280 g/mol. The Labute approximate surface area is 117 Å². The minimum Gasteiger partial charge on any atom is -0.508 e. The zero-order valence-corrected chi connectivity index (χ0v) is 11.7. The third-order valence-corrected chi connectivity index (χ3v) is 3.99. The molecule has 0 amide bonds. The van der Waals surface area contributed by atoms with Gasteiger partial charge in [0.25, 0.3) is 0 Å². The Morgan fingerprint density at radius 1 is 1.55 bits per heavy atom. The molecule has 0 bridgehead atoms. The van der Waals surface area contributed by atoms with Crippen molar-refractivity contribution in [3.63, 3.8) is 0 Å². The lowest BCUT2D eigenvalue weighted by Gasteiger charge is -2.27. The summed E-state index contributed by atoms with van der Waals surface area (Å²) in [4.78, 5) is 13.1. The van der Waals surface area contributed by atoms with E-state index in [-0.39, 0.29) is 18.3 Å². The SMILES string of the molecule is COc1ccc(O)c(C(C)N2CCC(N)(C(=O)O)C2)c1. The highest BCUT2D eigenvalue weighted by molar-refractivity contribution is 5.79. The zero-order chi connectivity index (χ0) is 14.9. The van der Waals surface area contributed by atoms with E-state index in [1.807, 2.05) is 11.8 Å². The summed E-state index contributed by atoms with van der Waals surface area (Å²) < 4.78 is 5.15. The Morgan fingerprint density at radius 3 is 2.80 bits per heavy atom. The fraction of sp³-hybridized carbons (Fsp3) is 0.500. The van der Waals surface area contributed by atoms with E-state index in [1.54, 1.807) is 25.3 Å². The molecule has 0 saturated carbocycles. The van der Waals surface area contributed by atoms with Crippen LogP contribution in [-0.4, -0.2) is 46.8 Å². The fourth-order valence-corrected chi connectivity index (χ4v) is 2.56. The quantitative estimate of drug-likeness (QED) is 0.760. The van der Waals surface area contributed by atoms with Gasteiger partial charge in [-0.2, -0.15) is 0 Å². The van der Waals surface area contributed by atoms with Gasteiger partial charge in [0.15, 0.2) is 0 Å². The van der Waals surface area contributed by atoms with Gasteiger partial charge in [0.2, 0.25) is 0 Å². The Morgan fingerprint density at radius 2 is 2.25 bits per heavy atom. The van der Waals surface area contributed by atoms with Crippen molar-refractivity contribution in [1.82, 2.24) is 4.90 Å². The van der Waals surface area contributed by atoms with E-state index in [1.165, 1.54) is 0 Å². The van der Waals surface area contributed by atoms with E-state index in [2.05, 4.69) is 0 Å². The first kappa shape index (κ1) is 14.6. The van der Waals surface area contributed by atoms with Crippen LogP contribution in [0.1, 0.15) is 24.9 Å². The molecule has 1 saturated heterocycles. The summed E-state index contributed by atoms with van der Waals surface area (Å²) >= 11 is 0. The lowest BCUT2D eigenvalue weighted by molar-refractivity contribution is -0.142. The van der Waals surface area contributed by atoms with Crippen LogP contribution in [0.3, 0.4) is 0 Å². The number of carbonyl (C=O) groups is 1. The second kappa shape index (κ2) is 5.30. The van der Waals surface area contributed by atoms with Crippen molar-refractivity contribution in [1.29, 1.82) is 0 Å². The first-order valence-electron chi connectivity index (χ1n) is 6.50. The molecule has 1 aromatic rings. The molecule has 110 valence electrons. The molecule has 1 aliphatic rings. The Hall–Kier alpha value is -1.79. The highest BCUT2D eigenvalue weighted by atomic mass is 16.5. The molecule has 0 spiro atoms. The lowest BCUT2D eigenvalue weighted by atomic mass is 10.0. The van der Waals surface area contributed by atoms with Crippen LogP contribution in [0.2, 0.25) is 0 Å². The molecule has 1 aromatic carbocycles. The van der Waals surface area contributed by atoms with Crippen LogP contribution in [0.5, 0.6) is 11.5 Å². The minimum atomic E-state index is -1.21. The molecular weight excluding hydrogens is 260 g/mol. The summed E-state index contributed by atoms with van der Waals surface area (Å²) in [6, 6.07) is 4.89. The molecule has 1 heterocycles. The number of phenols is 1. The number of hydrogen-bond donors (Lipinski definition) is 3. The fourth-order valence-electron chi connectivity index (χ4n) is 2.56. The third-order valence-electron chi connectivity index (χ3n) is 3.99. The van der Waals surface area contributed by atoms with Crippen molar-refractivity contribution in [3.05, 3.63) is 23.8 Å². The third kappa shape index (κ3) is 2.57. The van der Waals surface area contributed by atoms with Crippen molar-refractivity contribution in [2.45, 2.75) is 24.9 Å². The van der Waals surface area contributed by atoms with Crippen molar-refractivity contribution in [2.75, 3.05) is 20.2 Å². The number of nitrogens with zero attached hydrogens (tertiary/aromatic N) is 1. The van der Waals surface area contributed by atoms with Gasteiger partial charge in [-0.15, -0.1) is 0 Å². The second-order valence-corrected chi connectivity index (χ2v) is 5.28. The number of nitrogens with two attached hydrogens (primary N) is 1. The zero-order valence-electron chi connectivity index (χ0n) is 11.7. The second-order valence-electron chi connectivity index (χ2n) is 5.28. The smallest absolute Gasteiger partial charge is 0.325 e. The maximum Gasteiger partial charge on any atom is 0.325 e. The molecule has 0 radical (unpaired) electrons. The van der Waals surface area contributed by atoms with E-state index in [0.29, 0.717) is 24.3 Å². The molecule has 1 aliphatic heterocycles. The normalized spacial score (nSPS) is 24.6. The van der Waals surface area contributed by atoms with Gasteiger partial charge in [-0.3, -0.25) is 9.69 Å². The van der Waals surface area contributed by atoms with E-state index in [4.69, 9.17) is 15.6 Å². The Kier molecular flexibility index (Phi) is 3.87. The number of rotatable bonds is 4. The van der Waals surface area contributed by atoms with Gasteiger partial charge in [-0.05, 0) is 31.5 Å². The summed E-state index contributed by atoms with van der Waals surface area (Å²) in [7, 11) is 1.56. The number of carboxylic acids is 1. The predicted octanol–water partition coefficient (Wildman–Crippen LogP) is 0.950. The maximum absolute atomic E-state index is 11.2. The van der Waals surface area contributed by atoms with Gasteiger partial charge in [-0.1, -0.05) is 0 Å². The van der Waals surface area contributed by atoms with Crippen LogP contribution >= 0.6 is 0 Å². The van der Waals surface area contributed by atoms with Gasteiger partial charge in [-0.25, -0.2) is 0 Å². The van der Waals surface area contributed by atoms with Crippen LogP contribution in [0.15, 0.2) is 18.2 Å². The first-order chi connectivity index (χ1) is 9.37. The van der Waals surface area contributed by atoms with Gasteiger partial charge in [0, 0.05) is 24.7 Å². The maximum atomic E-state index is 11.2. The number of aromatic hydroxyl groups is 1.